The van der Waals surface area contributed by atoms with Crippen molar-refractivity contribution < 1.29 is 9.53 Å². The fourth-order valence-corrected chi connectivity index (χ4v) is 1.00. The molecule has 0 saturated heterocycles. The van der Waals surface area contributed by atoms with Crippen LogP contribution in [0.5, 0.6) is 0 Å². The molecule has 0 bridgehead atoms. The van der Waals surface area contributed by atoms with Crippen LogP contribution in [0.3, 0.4) is 0 Å². The van der Waals surface area contributed by atoms with Crippen molar-refractivity contribution in [2.45, 2.75) is 18.3 Å². The van der Waals surface area contributed by atoms with Crippen LogP contribution in [0.1, 0.15) is 6.92 Å². The molecule has 0 aliphatic rings. The average molecular weight is 206 g/mol. The molecule has 0 aliphatic carbocycles. The number of nitrogens with one attached hydrogen (secondary N) is 1. The van der Waals surface area contributed by atoms with Gasteiger partial charge in [-0.1, -0.05) is 6.92 Å². The van der Waals surface area contributed by atoms with Gasteiger partial charge < -0.3 is 15.8 Å². The lowest BCUT2D eigenvalue weighted by Crippen LogP contribution is -2.42. The monoisotopic (exact) mass is 206 g/mol. The van der Waals surface area contributed by atoms with Gasteiger partial charge in [0.05, 0.1) is 0 Å². The summed E-state index contributed by atoms with van der Waals surface area (Å²) in [6, 6.07) is 0. The zero-order chi connectivity index (χ0) is 10.3. The fourth-order valence-electron chi connectivity index (χ4n) is 0.752. The summed E-state index contributed by atoms with van der Waals surface area (Å²) in [5.41, 5.74) is 5.33. The summed E-state index contributed by atoms with van der Waals surface area (Å²) in [5.74, 6) is -0.133. The van der Waals surface area contributed by atoms with Crippen molar-refractivity contribution in [1.82, 2.24) is 5.32 Å². The van der Waals surface area contributed by atoms with Crippen molar-refractivity contribution in [1.29, 1.82) is 0 Å². The Bertz CT molecular complexity index is 151. The van der Waals surface area contributed by atoms with Gasteiger partial charge in [-0.3, -0.25) is 4.79 Å². The zero-order valence-corrected chi connectivity index (χ0v) is 9.19. The SMILES string of the molecule is COC(CN)C(=O)NCC(C)SC. The molecule has 0 spiro atoms. The number of hydrogen-bond acceptors (Lipinski definition) is 4. The maximum Gasteiger partial charge on any atom is 0.250 e. The lowest BCUT2D eigenvalue weighted by molar-refractivity contribution is -0.130. The molecule has 0 heterocycles. The first-order valence-electron chi connectivity index (χ1n) is 4.19. The van der Waals surface area contributed by atoms with Crippen molar-refractivity contribution in [3.8, 4) is 0 Å². The third kappa shape index (κ3) is 5.13. The highest BCUT2D eigenvalue weighted by Gasteiger charge is 2.15. The number of amides is 1. The Morgan fingerprint density at radius 2 is 2.31 bits per heavy atom. The molecular formula is C8H18N2O2S. The van der Waals surface area contributed by atoms with Crippen molar-refractivity contribution in [3.63, 3.8) is 0 Å². The Balaban J connectivity index is 3.72. The van der Waals surface area contributed by atoms with E-state index in [0.717, 1.165) is 0 Å². The standard InChI is InChI=1S/C8H18N2O2S/c1-6(13-3)5-10-8(11)7(4-9)12-2/h6-7H,4-5,9H2,1-3H3,(H,10,11). The molecular weight excluding hydrogens is 188 g/mol. The van der Waals surface area contributed by atoms with Crippen LogP contribution < -0.4 is 11.1 Å². The highest BCUT2D eigenvalue weighted by molar-refractivity contribution is 7.99. The van der Waals surface area contributed by atoms with E-state index in [9.17, 15) is 4.79 Å². The number of ether oxygens (including phenoxy) is 1. The molecule has 0 aromatic carbocycles. The summed E-state index contributed by atoms with van der Waals surface area (Å²) in [7, 11) is 1.48. The summed E-state index contributed by atoms with van der Waals surface area (Å²) in [6.45, 7) is 2.92. The maximum atomic E-state index is 11.3. The summed E-state index contributed by atoms with van der Waals surface area (Å²) in [6.07, 6.45) is 1.49. The molecule has 5 heteroatoms. The second-order valence-electron chi connectivity index (χ2n) is 2.75. The highest BCUT2D eigenvalue weighted by atomic mass is 32.2. The zero-order valence-electron chi connectivity index (χ0n) is 8.37. The van der Waals surface area contributed by atoms with Gasteiger partial charge in [-0.15, -0.1) is 0 Å². The van der Waals surface area contributed by atoms with E-state index in [-0.39, 0.29) is 12.5 Å². The van der Waals surface area contributed by atoms with Crippen molar-refractivity contribution in [2.24, 2.45) is 5.73 Å². The Hall–Kier alpha value is -0.260. The first kappa shape index (κ1) is 12.7. The van der Waals surface area contributed by atoms with Crippen molar-refractivity contribution in [3.05, 3.63) is 0 Å². The minimum Gasteiger partial charge on any atom is -0.370 e. The Kier molecular flexibility index (Phi) is 7.03. The van der Waals surface area contributed by atoms with Crippen LogP contribution in [-0.4, -0.2) is 43.7 Å². The molecule has 13 heavy (non-hydrogen) atoms. The summed E-state index contributed by atoms with van der Waals surface area (Å²) >= 11 is 1.71. The van der Waals surface area contributed by atoms with Gasteiger partial charge in [0.2, 0.25) is 5.91 Å². The molecule has 0 fully saturated rings. The topological polar surface area (TPSA) is 64.3 Å². The average Bonchev–Trinajstić information content (AvgIpc) is 2.16. The molecule has 0 aromatic heterocycles. The normalized spacial score (nSPS) is 15.1. The molecule has 2 atom stereocenters. The van der Waals surface area contributed by atoms with Gasteiger partial charge in [0.15, 0.2) is 0 Å². The third-order valence-corrected chi connectivity index (χ3v) is 2.73. The maximum absolute atomic E-state index is 11.3. The quantitative estimate of drug-likeness (QED) is 0.633. The molecule has 1 amide bonds. The smallest absolute Gasteiger partial charge is 0.250 e. The van der Waals surface area contributed by atoms with Gasteiger partial charge in [-0.2, -0.15) is 11.8 Å². The Morgan fingerprint density at radius 3 is 2.69 bits per heavy atom. The predicted octanol–water partition coefficient (Wildman–Crippen LogP) is -0.172. The van der Waals surface area contributed by atoms with Gasteiger partial charge in [-0.25, -0.2) is 0 Å². The summed E-state index contributed by atoms with van der Waals surface area (Å²) in [5, 5.41) is 3.19. The van der Waals surface area contributed by atoms with E-state index in [4.69, 9.17) is 10.5 Å². The van der Waals surface area contributed by atoms with Crippen LogP contribution in [0.25, 0.3) is 0 Å². The van der Waals surface area contributed by atoms with E-state index in [2.05, 4.69) is 12.2 Å². The van der Waals surface area contributed by atoms with E-state index < -0.39 is 6.10 Å². The van der Waals surface area contributed by atoms with Gasteiger partial charge in [-0.05, 0) is 6.26 Å². The molecule has 2 unspecified atom stereocenters. The minimum absolute atomic E-state index is 0.133. The molecule has 0 aromatic rings. The van der Waals surface area contributed by atoms with E-state index in [0.29, 0.717) is 11.8 Å². The van der Waals surface area contributed by atoms with E-state index in [1.165, 1.54) is 7.11 Å². The number of rotatable bonds is 6. The number of carbonyl (C=O) groups excluding carboxylic acids is 1. The molecule has 0 radical (unpaired) electrons. The molecule has 0 saturated carbocycles. The van der Waals surface area contributed by atoms with E-state index >= 15 is 0 Å². The van der Waals surface area contributed by atoms with Crippen LogP contribution in [0, 0.1) is 0 Å². The lowest BCUT2D eigenvalue weighted by atomic mass is 10.3. The molecule has 78 valence electrons. The number of nitrogens with two attached hydrogens (primary N) is 1. The molecule has 0 rings (SSSR count). The van der Waals surface area contributed by atoms with Crippen LogP contribution in [0.4, 0.5) is 0 Å². The number of thioether (sulfide) groups is 1. The van der Waals surface area contributed by atoms with Gasteiger partial charge in [0, 0.05) is 25.4 Å². The summed E-state index contributed by atoms with van der Waals surface area (Å²) < 4.78 is 4.88. The van der Waals surface area contributed by atoms with Crippen molar-refractivity contribution >= 4 is 17.7 Å². The first-order valence-corrected chi connectivity index (χ1v) is 5.47. The predicted molar refractivity (Wildman–Crippen MR) is 55.8 cm³/mol. The third-order valence-electron chi connectivity index (χ3n) is 1.76. The van der Waals surface area contributed by atoms with E-state index in [1.54, 1.807) is 11.8 Å². The van der Waals surface area contributed by atoms with Gasteiger partial charge in [0.1, 0.15) is 6.10 Å². The molecule has 0 aliphatic heterocycles. The second-order valence-corrected chi connectivity index (χ2v) is 4.03. The summed E-state index contributed by atoms with van der Waals surface area (Å²) in [4.78, 5) is 11.3. The van der Waals surface area contributed by atoms with Crippen molar-refractivity contribution in [2.75, 3.05) is 26.5 Å². The highest BCUT2D eigenvalue weighted by Crippen LogP contribution is 2.02. The van der Waals surface area contributed by atoms with Gasteiger partial charge >= 0.3 is 0 Å². The number of methoxy groups -OCH3 is 1. The van der Waals surface area contributed by atoms with Crippen LogP contribution in [-0.2, 0) is 9.53 Å². The Labute approximate surface area is 83.6 Å². The Morgan fingerprint density at radius 1 is 1.69 bits per heavy atom. The van der Waals surface area contributed by atoms with Crippen LogP contribution >= 0.6 is 11.8 Å². The van der Waals surface area contributed by atoms with Gasteiger partial charge in [0.25, 0.3) is 0 Å². The molecule has 3 N–H and O–H groups in total. The van der Waals surface area contributed by atoms with Crippen LogP contribution in [0.15, 0.2) is 0 Å². The first-order chi connectivity index (χ1) is 6.15. The largest absolute Gasteiger partial charge is 0.370 e. The van der Waals surface area contributed by atoms with Crippen LogP contribution in [0.2, 0.25) is 0 Å². The fraction of sp³-hybridized carbons (Fsp3) is 0.875. The molecule has 4 nitrogen and oxygen atoms in total. The number of carbonyl (C=O) groups is 1. The minimum atomic E-state index is -0.519. The lowest BCUT2D eigenvalue weighted by Gasteiger charge is -2.14. The number of hydrogen-bond donors (Lipinski definition) is 2. The second kappa shape index (κ2) is 7.17. The van der Waals surface area contributed by atoms with E-state index in [1.807, 2.05) is 6.26 Å².